The largest absolute Gasteiger partial charge is 0.478 e. The molecule has 1 aliphatic carbocycles. The van der Waals surface area contributed by atoms with Crippen LogP contribution in [0.25, 0.3) is 0 Å². The molecule has 0 saturated carbocycles. The Balaban J connectivity index is 1.90. The Labute approximate surface area is 123 Å². The molecule has 0 aromatic heterocycles. The lowest BCUT2D eigenvalue weighted by Crippen LogP contribution is -2.31. The number of hydrogen-bond acceptors (Lipinski definition) is 3. The average molecular weight is 286 g/mol. The minimum atomic E-state index is -0.998. The summed E-state index contributed by atoms with van der Waals surface area (Å²) >= 11 is 0. The van der Waals surface area contributed by atoms with E-state index >= 15 is 0 Å². The standard InChI is InChI=1S/C17H18O4/c1-17(10-5-8-14(12-17)15(18)19)16(20)21-11-9-13-6-3-2-4-7-13/h2-8,10H,9,11-12H2,1H3,(H,18,19). The molecule has 0 heterocycles. The molecule has 1 aromatic carbocycles. The van der Waals surface area contributed by atoms with Crippen LogP contribution in [0.5, 0.6) is 0 Å². The zero-order valence-corrected chi connectivity index (χ0v) is 11.9. The Bertz CT molecular complexity index is 586. The van der Waals surface area contributed by atoms with Gasteiger partial charge in [-0.2, -0.15) is 0 Å². The number of carboxylic acids is 1. The second kappa shape index (κ2) is 6.39. The molecular weight excluding hydrogens is 268 g/mol. The summed E-state index contributed by atoms with van der Waals surface area (Å²) in [5.41, 5.74) is 0.417. The van der Waals surface area contributed by atoms with E-state index in [0.717, 1.165) is 5.56 Å². The molecule has 0 fully saturated rings. The van der Waals surface area contributed by atoms with E-state index in [1.807, 2.05) is 30.3 Å². The first-order chi connectivity index (χ1) is 10.0. The van der Waals surface area contributed by atoms with E-state index in [1.54, 1.807) is 19.1 Å². The van der Waals surface area contributed by atoms with Gasteiger partial charge in [-0.05, 0) is 18.9 Å². The summed E-state index contributed by atoms with van der Waals surface area (Å²) in [7, 11) is 0. The third kappa shape index (κ3) is 3.81. The van der Waals surface area contributed by atoms with Crippen LogP contribution in [0.1, 0.15) is 18.9 Å². The minimum Gasteiger partial charge on any atom is -0.478 e. The van der Waals surface area contributed by atoms with Crippen molar-refractivity contribution in [2.75, 3.05) is 6.61 Å². The van der Waals surface area contributed by atoms with E-state index in [4.69, 9.17) is 9.84 Å². The highest BCUT2D eigenvalue weighted by Gasteiger charge is 2.36. The van der Waals surface area contributed by atoms with E-state index in [-0.39, 0.29) is 18.0 Å². The van der Waals surface area contributed by atoms with Gasteiger partial charge in [0.1, 0.15) is 0 Å². The zero-order chi connectivity index (χ0) is 15.3. The third-order valence-electron chi connectivity index (χ3n) is 3.53. The molecule has 0 amide bonds. The first-order valence-corrected chi connectivity index (χ1v) is 6.84. The summed E-state index contributed by atoms with van der Waals surface area (Å²) in [6.07, 6.45) is 5.62. The number of carboxylic acid groups (broad SMARTS) is 1. The van der Waals surface area contributed by atoms with E-state index in [0.29, 0.717) is 13.0 Å². The Morgan fingerprint density at radius 3 is 2.67 bits per heavy atom. The van der Waals surface area contributed by atoms with Crippen molar-refractivity contribution < 1.29 is 19.4 Å². The lowest BCUT2D eigenvalue weighted by Gasteiger charge is -2.26. The van der Waals surface area contributed by atoms with Gasteiger partial charge >= 0.3 is 11.9 Å². The number of benzene rings is 1. The molecule has 2 rings (SSSR count). The average Bonchev–Trinajstić information content (AvgIpc) is 2.48. The molecule has 110 valence electrons. The van der Waals surface area contributed by atoms with E-state index < -0.39 is 11.4 Å². The van der Waals surface area contributed by atoms with Gasteiger partial charge in [-0.1, -0.05) is 48.6 Å². The predicted molar refractivity (Wildman–Crippen MR) is 78.7 cm³/mol. The van der Waals surface area contributed by atoms with Gasteiger partial charge in [-0.15, -0.1) is 0 Å². The van der Waals surface area contributed by atoms with Crippen LogP contribution in [-0.4, -0.2) is 23.7 Å². The zero-order valence-electron chi connectivity index (χ0n) is 11.9. The Morgan fingerprint density at radius 2 is 2.00 bits per heavy atom. The van der Waals surface area contributed by atoms with Gasteiger partial charge in [0.05, 0.1) is 12.0 Å². The second-order valence-corrected chi connectivity index (χ2v) is 5.32. The number of esters is 1. The maximum absolute atomic E-state index is 12.2. The Morgan fingerprint density at radius 1 is 1.29 bits per heavy atom. The summed E-state index contributed by atoms with van der Waals surface area (Å²) in [5, 5.41) is 9.02. The number of ether oxygens (including phenoxy) is 1. The van der Waals surface area contributed by atoms with Crippen LogP contribution >= 0.6 is 0 Å². The normalized spacial score (nSPS) is 20.7. The van der Waals surface area contributed by atoms with Crippen molar-refractivity contribution in [1.29, 1.82) is 0 Å². The summed E-state index contributed by atoms with van der Waals surface area (Å²) in [5.74, 6) is -1.39. The molecule has 0 radical (unpaired) electrons. The number of hydrogen-bond donors (Lipinski definition) is 1. The number of aliphatic carboxylic acids is 1. The van der Waals surface area contributed by atoms with Crippen LogP contribution in [0.2, 0.25) is 0 Å². The van der Waals surface area contributed by atoms with Crippen LogP contribution in [0.15, 0.2) is 54.1 Å². The quantitative estimate of drug-likeness (QED) is 0.845. The molecule has 0 spiro atoms. The predicted octanol–water partition coefficient (Wildman–Crippen LogP) is 2.75. The van der Waals surface area contributed by atoms with Gasteiger partial charge < -0.3 is 9.84 Å². The van der Waals surface area contributed by atoms with Crippen LogP contribution in [0, 0.1) is 5.41 Å². The SMILES string of the molecule is CC1(C(=O)OCCc2ccccc2)C=CC=C(C(=O)O)C1. The molecule has 21 heavy (non-hydrogen) atoms. The Hall–Kier alpha value is -2.36. The van der Waals surface area contributed by atoms with Crippen LogP contribution in [0.3, 0.4) is 0 Å². The van der Waals surface area contributed by atoms with Crippen molar-refractivity contribution in [1.82, 2.24) is 0 Å². The fourth-order valence-electron chi connectivity index (χ4n) is 2.25. The van der Waals surface area contributed by atoms with Crippen molar-refractivity contribution >= 4 is 11.9 Å². The number of rotatable bonds is 5. The second-order valence-electron chi connectivity index (χ2n) is 5.32. The highest BCUT2D eigenvalue weighted by Crippen LogP contribution is 2.32. The molecule has 0 aliphatic heterocycles. The van der Waals surface area contributed by atoms with Gasteiger partial charge in [0.25, 0.3) is 0 Å². The fraction of sp³-hybridized carbons (Fsp3) is 0.294. The molecule has 1 N–H and O–H groups in total. The van der Waals surface area contributed by atoms with E-state index in [1.165, 1.54) is 6.08 Å². The molecule has 0 bridgehead atoms. The van der Waals surface area contributed by atoms with Crippen LogP contribution in [0.4, 0.5) is 0 Å². The smallest absolute Gasteiger partial charge is 0.331 e. The van der Waals surface area contributed by atoms with Crippen molar-refractivity contribution in [3.63, 3.8) is 0 Å². The molecule has 4 nitrogen and oxygen atoms in total. The Kier molecular flexibility index (Phi) is 4.58. The number of carbonyl (C=O) groups excluding carboxylic acids is 1. The highest BCUT2D eigenvalue weighted by molar-refractivity contribution is 5.90. The maximum Gasteiger partial charge on any atom is 0.331 e. The minimum absolute atomic E-state index is 0.156. The lowest BCUT2D eigenvalue weighted by atomic mass is 9.80. The maximum atomic E-state index is 12.2. The van der Waals surface area contributed by atoms with E-state index in [2.05, 4.69) is 0 Å². The van der Waals surface area contributed by atoms with E-state index in [9.17, 15) is 9.59 Å². The molecule has 1 unspecified atom stereocenters. The topological polar surface area (TPSA) is 63.6 Å². The highest BCUT2D eigenvalue weighted by atomic mass is 16.5. The summed E-state index contributed by atoms with van der Waals surface area (Å²) in [6, 6.07) is 9.75. The monoisotopic (exact) mass is 286 g/mol. The van der Waals surface area contributed by atoms with Crippen LogP contribution in [-0.2, 0) is 20.7 Å². The van der Waals surface area contributed by atoms with Gasteiger partial charge in [-0.25, -0.2) is 4.79 Å². The van der Waals surface area contributed by atoms with Crippen molar-refractivity contribution in [2.24, 2.45) is 5.41 Å². The molecule has 1 aliphatic rings. The first-order valence-electron chi connectivity index (χ1n) is 6.84. The summed E-state index contributed by atoms with van der Waals surface area (Å²) in [6.45, 7) is 1.99. The number of allylic oxidation sites excluding steroid dienone is 2. The van der Waals surface area contributed by atoms with Gasteiger partial charge in [-0.3, -0.25) is 4.79 Å². The summed E-state index contributed by atoms with van der Waals surface area (Å²) < 4.78 is 5.31. The van der Waals surface area contributed by atoms with Gasteiger partial charge in [0.15, 0.2) is 0 Å². The summed E-state index contributed by atoms with van der Waals surface area (Å²) in [4.78, 5) is 23.2. The van der Waals surface area contributed by atoms with Crippen molar-refractivity contribution in [3.8, 4) is 0 Å². The molecule has 0 saturated heterocycles. The van der Waals surface area contributed by atoms with Gasteiger partial charge in [0.2, 0.25) is 0 Å². The fourth-order valence-corrected chi connectivity index (χ4v) is 2.25. The van der Waals surface area contributed by atoms with Crippen molar-refractivity contribution in [2.45, 2.75) is 19.8 Å². The molecular formula is C17H18O4. The third-order valence-corrected chi connectivity index (χ3v) is 3.53. The lowest BCUT2D eigenvalue weighted by molar-refractivity contribution is -0.152. The number of carbonyl (C=O) groups is 2. The van der Waals surface area contributed by atoms with Gasteiger partial charge in [0, 0.05) is 12.0 Å². The molecule has 4 heteroatoms. The van der Waals surface area contributed by atoms with Crippen LogP contribution < -0.4 is 0 Å². The molecule has 1 atom stereocenters. The van der Waals surface area contributed by atoms with Crippen molar-refractivity contribution in [3.05, 3.63) is 59.7 Å². The first kappa shape index (κ1) is 15.0. The molecule has 1 aromatic rings.